The summed E-state index contributed by atoms with van der Waals surface area (Å²) in [5.74, 6) is 0.0771. The first-order valence-corrected chi connectivity index (χ1v) is 10.2. The minimum Gasteiger partial charge on any atom is -0.373 e. The fraction of sp³-hybridized carbons (Fsp3) is 0.450. The molecule has 0 saturated carbocycles. The lowest BCUT2D eigenvalue weighted by Crippen LogP contribution is -2.48. The van der Waals surface area contributed by atoms with E-state index in [2.05, 4.69) is 27.5 Å². The Kier molecular flexibility index (Phi) is 5.71. The molecule has 0 unspecified atom stereocenters. The molecule has 2 fully saturated rings. The van der Waals surface area contributed by atoms with Crippen LogP contribution in [0.4, 0.5) is 9.18 Å². The molecule has 2 amide bonds. The Labute approximate surface area is 161 Å². The first-order chi connectivity index (χ1) is 13.2. The van der Waals surface area contributed by atoms with Gasteiger partial charge in [-0.2, -0.15) is 11.3 Å². The number of halogens is 1. The normalized spacial score (nSPS) is 26.7. The number of thiophene rings is 1. The number of ether oxygens (including phenoxy) is 2. The number of benzene rings is 1. The Bertz CT molecular complexity index is 753. The van der Waals surface area contributed by atoms with Crippen molar-refractivity contribution in [1.82, 2.24) is 10.6 Å². The smallest absolute Gasteiger partial charge is 0.315 e. The maximum atomic E-state index is 12.9. The number of carbonyl (C=O) groups is 1. The second-order valence-electron chi connectivity index (χ2n) is 7.09. The van der Waals surface area contributed by atoms with E-state index in [1.165, 1.54) is 17.7 Å². The number of urea groups is 1. The molecule has 2 saturated heterocycles. The summed E-state index contributed by atoms with van der Waals surface area (Å²) in [6.07, 6.45) is 2.02. The highest BCUT2D eigenvalue weighted by Crippen LogP contribution is 2.33. The zero-order chi connectivity index (χ0) is 18.6. The van der Waals surface area contributed by atoms with Crippen LogP contribution in [0.1, 0.15) is 17.5 Å². The molecule has 0 spiro atoms. The maximum Gasteiger partial charge on any atom is 0.315 e. The minimum absolute atomic E-state index is 0.0473. The predicted molar refractivity (Wildman–Crippen MR) is 101 cm³/mol. The Morgan fingerprint density at radius 2 is 1.93 bits per heavy atom. The van der Waals surface area contributed by atoms with Gasteiger partial charge in [-0.25, -0.2) is 9.18 Å². The summed E-state index contributed by atoms with van der Waals surface area (Å²) in [5, 5.41) is 10.0. The van der Waals surface area contributed by atoms with Gasteiger partial charge in [0.2, 0.25) is 0 Å². The van der Waals surface area contributed by atoms with E-state index in [0.717, 1.165) is 18.4 Å². The average molecular weight is 390 g/mol. The van der Waals surface area contributed by atoms with Crippen molar-refractivity contribution in [2.45, 2.75) is 37.6 Å². The van der Waals surface area contributed by atoms with Crippen LogP contribution < -0.4 is 10.6 Å². The van der Waals surface area contributed by atoms with Crippen LogP contribution in [0.2, 0.25) is 0 Å². The van der Waals surface area contributed by atoms with E-state index in [4.69, 9.17) is 9.47 Å². The summed E-state index contributed by atoms with van der Waals surface area (Å²) in [5.41, 5.74) is 2.20. The third-order valence-corrected chi connectivity index (χ3v) is 5.95. The third kappa shape index (κ3) is 4.48. The van der Waals surface area contributed by atoms with Crippen LogP contribution in [-0.2, 0) is 22.4 Å². The Morgan fingerprint density at radius 3 is 2.70 bits per heavy atom. The molecule has 4 atom stereocenters. The Morgan fingerprint density at radius 1 is 1.11 bits per heavy atom. The van der Waals surface area contributed by atoms with Gasteiger partial charge in [-0.05, 0) is 52.9 Å². The number of hydrogen-bond donors (Lipinski definition) is 2. The zero-order valence-electron chi connectivity index (χ0n) is 14.9. The van der Waals surface area contributed by atoms with Gasteiger partial charge in [0.05, 0.1) is 25.4 Å². The molecular weight excluding hydrogens is 367 g/mol. The SMILES string of the molecule is O=C(NCc1ccc(F)cc1)N[C@H]1CO[C@H]2[C@H](CCc3ccsc3)CO[C@@H]21. The highest BCUT2D eigenvalue weighted by atomic mass is 32.1. The number of fused-ring (bicyclic) bond motifs is 1. The van der Waals surface area contributed by atoms with Gasteiger partial charge >= 0.3 is 6.03 Å². The van der Waals surface area contributed by atoms with Crippen molar-refractivity contribution in [3.8, 4) is 0 Å². The number of carbonyl (C=O) groups excluding carboxylic acids is 1. The van der Waals surface area contributed by atoms with Gasteiger partial charge in [0.15, 0.2) is 0 Å². The second kappa shape index (κ2) is 8.37. The first-order valence-electron chi connectivity index (χ1n) is 9.22. The van der Waals surface area contributed by atoms with Crippen molar-refractivity contribution in [3.05, 3.63) is 58.0 Å². The van der Waals surface area contributed by atoms with Crippen LogP contribution in [0.15, 0.2) is 41.1 Å². The number of aryl methyl sites for hydroxylation is 1. The van der Waals surface area contributed by atoms with Gasteiger partial charge in [-0.1, -0.05) is 12.1 Å². The molecule has 3 heterocycles. The molecule has 144 valence electrons. The van der Waals surface area contributed by atoms with Gasteiger partial charge in [0, 0.05) is 12.5 Å². The molecule has 0 radical (unpaired) electrons. The van der Waals surface area contributed by atoms with E-state index in [9.17, 15) is 9.18 Å². The Hall–Kier alpha value is -1.96. The molecule has 27 heavy (non-hydrogen) atoms. The van der Waals surface area contributed by atoms with Crippen LogP contribution >= 0.6 is 11.3 Å². The summed E-state index contributed by atoms with van der Waals surface area (Å²) in [4.78, 5) is 12.2. The van der Waals surface area contributed by atoms with Crippen LogP contribution in [0.25, 0.3) is 0 Å². The van der Waals surface area contributed by atoms with Crippen molar-refractivity contribution in [3.63, 3.8) is 0 Å². The van der Waals surface area contributed by atoms with E-state index in [-0.39, 0.29) is 30.1 Å². The van der Waals surface area contributed by atoms with Gasteiger partial charge in [-0.15, -0.1) is 0 Å². The molecule has 2 N–H and O–H groups in total. The first kappa shape index (κ1) is 18.4. The van der Waals surface area contributed by atoms with Crippen LogP contribution in [-0.4, -0.2) is 37.5 Å². The van der Waals surface area contributed by atoms with E-state index in [1.54, 1.807) is 23.5 Å². The van der Waals surface area contributed by atoms with E-state index in [0.29, 0.717) is 25.7 Å². The fourth-order valence-electron chi connectivity index (χ4n) is 3.74. The molecule has 5 nitrogen and oxygen atoms in total. The second-order valence-corrected chi connectivity index (χ2v) is 7.87. The van der Waals surface area contributed by atoms with Gasteiger partial charge < -0.3 is 20.1 Å². The van der Waals surface area contributed by atoms with Gasteiger partial charge in [0.25, 0.3) is 0 Å². The molecule has 0 aliphatic carbocycles. The molecule has 0 bridgehead atoms. The molecule has 2 aromatic rings. The van der Waals surface area contributed by atoms with E-state index >= 15 is 0 Å². The van der Waals surface area contributed by atoms with Crippen molar-refractivity contribution in [1.29, 1.82) is 0 Å². The quantitative estimate of drug-likeness (QED) is 0.797. The average Bonchev–Trinajstić information content (AvgIpc) is 3.39. The lowest BCUT2D eigenvalue weighted by molar-refractivity contribution is 0.0615. The molecule has 2 aliphatic heterocycles. The molecule has 7 heteroatoms. The Balaban J connectivity index is 1.23. The van der Waals surface area contributed by atoms with Gasteiger partial charge in [-0.3, -0.25) is 0 Å². The monoisotopic (exact) mass is 390 g/mol. The number of rotatable bonds is 6. The van der Waals surface area contributed by atoms with Crippen molar-refractivity contribution in [2.24, 2.45) is 5.92 Å². The summed E-state index contributed by atoms with van der Waals surface area (Å²) in [6.45, 7) is 1.49. The van der Waals surface area contributed by atoms with Crippen molar-refractivity contribution in [2.75, 3.05) is 13.2 Å². The maximum absolute atomic E-state index is 12.9. The summed E-state index contributed by atoms with van der Waals surface area (Å²) >= 11 is 1.72. The molecular formula is C20H23FN2O3S. The summed E-state index contributed by atoms with van der Waals surface area (Å²) in [7, 11) is 0. The highest BCUT2D eigenvalue weighted by Gasteiger charge is 2.47. The summed E-state index contributed by atoms with van der Waals surface area (Å²) in [6, 6.07) is 7.82. The highest BCUT2D eigenvalue weighted by molar-refractivity contribution is 7.07. The van der Waals surface area contributed by atoms with Crippen molar-refractivity contribution >= 4 is 17.4 Å². The molecule has 2 aliphatic rings. The third-order valence-electron chi connectivity index (χ3n) is 5.22. The van der Waals surface area contributed by atoms with Crippen molar-refractivity contribution < 1.29 is 18.7 Å². The fourth-order valence-corrected chi connectivity index (χ4v) is 4.44. The molecule has 1 aromatic carbocycles. The largest absolute Gasteiger partial charge is 0.373 e. The molecule has 1 aromatic heterocycles. The van der Waals surface area contributed by atoms with Crippen LogP contribution in [0, 0.1) is 11.7 Å². The van der Waals surface area contributed by atoms with E-state index in [1.807, 2.05) is 0 Å². The molecule has 4 rings (SSSR count). The lowest BCUT2D eigenvalue weighted by atomic mass is 9.94. The lowest BCUT2D eigenvalue weighted by Gasteiger charge is -2.18. The number of hydrogen-bond acceptors (Lipinski definition) is 4. The number of nitrogens with one attached hydrogen (secondary N) is 2. The van der Waals surface area contributed by atoms with E-state index < -0.39 is 0 Å². The topological polar surface area (TPSA) is 59.6 Å². The van der Waals surface area contributed by atoms with Crippen LogP contribution in [0.3, 0.4) is 0 Å². The standard InChI is InChI=1S/C20H23FN2O3S/c21-16-5-2-13(3-6-16)9-22-20(24)23-17-11-26-18-15(10-25-19(17)18)4-1-14-7-8-27-12-14/h2-3,5-8,12,15,17-19H,1,4,9-11H2,(H2,22,23,24)/t15-,17+,18+,19-/m1/s1. The van der Waals surface area contributed by atoms with Gasteiger partial charge in [0.1, 0.15) is 11.9 Å². The summed E-state index contributed by atoms with van der Waals surface area (Å²) < 4.78 is 24.8. The van der Waals surface area contributed by atoms with Crippen LogP contribution in [0.5, 0.6) is 0 Å². The minimum atomic E-state index is -0.288. The number of amides is 2. The predicted octanol–water partition coefficient (Wildman–Crippen LogP) is 3.10. The zero-order valence-corrected chi connectivity index (χ0v) is 15.7.